The van der Waals surface area contributed by atoms with E-state index < -0.39 is 0 Å². The summed E-state index contributed by atoms with van der Waals surface area (Å²) >= 11 is 1.18. The van der Waals surface area contributed by atoms with E-state index in [0.717, 1.165) is 25.1 Å². The molecule has 0 saturated carbocycles. The number of hydrogen-bond acceptors (Lipinski definition) is 5. The zero-order valence-electron chi connectivity index (χ0n) is 11.8. The summed E-state index contributed by atoms with van der Waals surface area (Å²) in [6, 6.07) is 11.9. The minimum absolute atomic E-state index is 0.195. The zero-order valence-corrected chi connectivity index (χ0v) is 12.6. The minimum atomic E-state index is -0.342. The smallest absolute Gasteiger partial charge is 0.324 e. The second-order valence-electron chi connectivity index (χ2n) is 4.85. The Labute approximate surface area is 128 Å². The van der Waals surface area contributed by atoms with Gasteiger partial charge in [0.2, 0.25) is 0 Å². The highest BCUT2D eigenvalue weighted by molar-refractivity contribution is 7.13. The zero-order chi connectivity index (χ0) is 15.1. The molecule has 2 N–H and O–H groups in total. The van der Waals surface area contributed by atoms with Gasteiger partial charge in [0.15, 0.2) is 0 Å². The van der Waals surface area contributed by atoms with E-state index in [1.165, 1.54) is 16.9 Å². The van der Waals surface area contributed by atoms with Gasteiger partial charge >= 0.3 is 5.00 Å². The fraction of sp³-hybridized carbons (Fsp3) is 0.333. The first-order chi connectivity index (χ1) is 10.2. The van der Waals surface area contributed by atoms with Crippen molar-refractivity contribution in [1.82, 2.24) is 4.90 Å². The third-order valence-electron chi connectivity index (χ3n) is 3.23. The molecule has 1 aromatic carbocycles. The molecule has 6 heteroatoms. The molecule has 1 heterocycles. The van der Waals surface area contributed by atoms with Crippen LogP contribution in [0.15, 0.2) is 41.8 Å². The Hall–Kier alpha value is -1.76. The third kappa shape index (κ3) is 4.93. The van der Waals surface area contributed by atoms with Crippen molar-refractivity contribution in [2.75, 3.05) is 19.6 Å². The molecule has 0 radical (unpaired) electrons. The van der Waals surface area contributed by atoms with Gasteiger partial charge in [-0.25, -0.2) is 0 Å². The Bertz CT molecular complexity index is 571. The average Bonchev–Trinajstić information content (AvgIpc) is 2.95. The van der Waals surface area contributed by atoms with Crippen LogP contribution >= 0.6 is 11.3 Å². The molecular formula is C15H19N3O2S. The molecule has 21 heavy (non-hydrogen) atoms. The van der Waals surface area contributed by atoms with Crippen molar-refractivity contribution < 1.29 is 4.92 Å². The van der Waals surface area contributed by atoms with Gasteiger partial charge in [-0.15, -0.1) is 0 Å². The number of nitrogens with two attached hydrogens (primary N) is 1. The molecule has 0 saturated heterocycles. The number of rotatable bonds is 8. The second kappa shape index (κ2) is 7.87. The van der Waals surface area contributed by atoms with Crippen LogP contribution in [0.4, 0.5) is 5.00 Å². The maximum atomic E-state index is 10.7. The average molecular weight is 305 g/mol. The molecule has 0 unspecified atom stereocenters. The van der Waals surface area contributed by atoms with Crippen molar-refractivity contribution >= 4 is 16.3 Å². The lowest BCUT2D eigenvalue weighted by molar-refractivity contribution is -0.380. The molecule has 112 valence electrons. The monoisotopic (exact) mass is 305 g/mol. The van der Waals surface area contributed by atoms with Gasteiger partial charge in [0.1, 0.15) is 0 Å². The summed E-state index contributed by atoms with van der Waals surface area (Å²) in [6.07, 6.45) is 0.951. The second-order valence-corrected chi connectivity index (χ2v) is 5.74. The number of nitrogens with zero attached hydrogens (tertiary/aromatic N) is 2. The van der Waals surface area contributed by atoms with Crippen LogP contribution in [-0.2, 0) is 13.0 Å². The fourth-order valence-corrected chi connectivity index (χ4v) is 2.90. The Kier molecular flexibility index (Phi) is 5.86. The first-order valence-electron chi connectivity index (χ1n) is 6.87. The van der Waals surface area contributed by atoms with Crippen molar-refractivity contribution in [3.63, 3.8) is 0 Å². The van der Waals surface area contributed by atoms with Crippen LogP contribution in [0.3, 0.4) is 0 Å². The summed E-state index contributed by atoms with van der Waals surface area (Å²) in [5.41, 5.74) is 7.93. The van der Waals surface area contributed by atoms with Gasteiger partial charge in [-0.1, -0.05) is 41.7 Å². The molecule has 0 aliphatic carbocycles. The molecule has 0 aliphatic rings. The van der Waals surface area contributed by atoms with Crippen LogP contribution < -0.4 is 5.73 Å². The highest BCUT2D eigenvalue weighted by atomic mass is 32.1. The maximum Gasteiger partial charge on any atom is 0.324 e. The van der Waals surface area contributed by atoms with Crippen LogP contribution in [0.25, 0.3) is 0 Å². The van der Waals surface area contributed by atoms with E-state index in [1.54, 1.807) is 6.07 Å². The SMILES string of the molecule is NCCN(CCc1ccccc1)Cc1csc([N+](=O)[O-])c1. The van der Waals surface area contributed by atoms with E-state index in [9.17, 15) is 10.1 Å². The Morgan fingerprint density at radius 2 is 1.95 bits per heavy atom. The van der Waals surface area contributed by atoms with E-state index in [1.807, 2.05) is 23.6 Å². The summed E-state index contributed by atoms with van der Waals surface area (Å²) in [5, 5.41) is 12.8. The number of nitro groups is 1. The lowest BCUT2D eigenvalue weighted by Crippen LogP contribution is -2.30. The Balaban J connectivity index is 1.93. The molecule has 0 atom stereocenters. The standard InChI is InChI=1S/C15H19N3O2S/c16-7-9-17(8-6-13-4-2-1-3-5-13)11-14-10-15(18(19)20)21-12-14/h1-5,10,12H,6-9,11,16H2. The van der Waals surface area contributed by atoms with Crippen LogP contribution in [0.2, 0.25) is 0 Å². The molecule has 0 spiro atoms. The van der Waals surface area contributed by atoms with Crippen molar-refractivity contribution in [3.8, 4) is 0 Å². The van der Waals surface area contributed by atoms with Crippen molar-refractivity contribution in [1.29, 1.82) is 0 Å². The minimum Gasteiger partial charge on any atom is -0.329 e. The Morgan fingerprint density at radius 3 is 2.57 bits per heavy atom. The van der Waals surface area contributed by atoms with Gasteiger partial charge in [-0.05, 0) is 17.5 Å². The van der Waals surface area contributed by atoms with Gasteiger partial charge < -0.3 is 5.73 Å². The van der Waals surface area contributed by atoms with Crippen LogP contribution in [0.1, 0.15) is 11.1 Å². The number of hydrogen-bond donors (Lipinski definition) is 1. The van der Waals surface area contributed by atoms with Gasteiger partial charge in [0, 0.05) is 37.6 Å². The molecular weight excluding hydrogens is 286 g/mol. The predicted octanol–water partition coefficient (Wildman–Crippen LogP) is 2.66. The van der Waals surface area contributed by atoms with Crippen LogP contribution in [0, 0.1) is 10.1 Å². The fourth-order valence-electron chi connectivity index (χ4n) is 2.18. The number of thiophene rings is 1. The molecule has 0 aliphatic heterocycles. The normalized spacial score (nSPS) is 11.0. The van der Waals surface area contributed by atoms with Crippen LogP contribution in [0.5, 0.6) is 0 Å². The maximum absolute atomic E-state index is 10.7. The topological polar surface area (TPSA) is 72.4 Å². The van der Waals surface area contributed by atoms with Crippen molar-refractivity contribution in [2.45, 2.75) is 13.0 Å². The highest BCUT2D eigenvalue weighted by Crippen LogP contribution is 2.23. The summed E-state index contributed by atoms with van der Waals surface area (Å²) in [4.78, 5) is 12.6. The summed E-state index contributed by atoms with van der Waals surface area (Å²) in [5.74, 6) is 0. The molecule has 1 aromatic heterocycles. The summed E-state index contributed by atoms with van der Waals surface area (Å²) in [7, 11) is 0. The van der Waals surface area contributed by atoms with Crippen LogP contribution in [-0.4, -0.2) is 29.5 Å². The number of benzene rings is 1. The quantitative estimate of drug-likeness (QED) is 0.601. The lowest BCUT2D eigenvalue weighted by atomic mass is 10.1. The van der Waals surface area contributed by atoms with E-state index in [-0.39, 0.29) is 9.92 Å². The van der Waals surface area contributed by atoms with Gasteiger partial charge in [0.25, 0.3) is 0 Å². The van der Waals surface area contributed by atoms with E-state index in [2.05, 4.69) is 17.0 Å². The molecule has 2 aromatic rings. The highest BCUT2D eigenvalue weighted by Gasteiger charge is 2.12. The van der Waals surface area contributed by atoms with Gasteiger partial charge in [-0.2, -0.15) is 0 Å². The lowest BCUT2D eigenvalue weighted by Gasteiger charge is -2.20. The predicted molar refractivity (Wildman–Crippen MR) is 85.5 cm³/mol. The summed E-state index contributed by atoms with van der Waals surface area (Å²) in [6.45, 7) is 2.97. The van der Waals surface area contributed by atoms with Crippen molar-refractivity contribution in [3.05, 3.63) is 63.0 Å². The summed E-state index contributed by atoms with van der Waals surface area (Å²) < 4.78 is 0. The molecule has 2 rings (SSSR count). The van der Waals surface area contributed by atoms with E-state index in [4.69, 9.17) is 5.73 Å². The van der Waals surface area contributed by atoms with Crippen molar-refractivity contribution in [2.24, 2.45) is 5.73 Å². The van der Waals surface area contributed by atoms with Gasteiger partial charge in [0.05, 0.1) is 4.92 Å². The molecule has 5 nitrogen and oxygen atoms in total. The molecule has 0 bridgehead atoms. The Morgan fingerprint density at radius 1 is 1.19 bits per heavy atom. The van der Waals surface area contributed by atoms with E-state index in [0.29, 0.717) is 13.1 Å². The molecule has 0 amide bonds. The third-order valence-corrected chi connectivity index (χ3v) is 4.16. The first kappa shape index (κ1) is 15.6. The largest absolute Gasteiger partial charge is 0.329 e. The van der Waals surface area contributed by atoms with Gasteiger partial charge in [-0.3, -0.25) is 15.0 Å². The first-order valence-corrected chi connectivity index (χ1v) is 7.75. The van der Waals surface area contributed by atoms with E-state index >= 15 is 0 Å². The molecule has 0 fully saturated rings.